The summed E-state index contributed by atoms with van der Waals surface area (Å²) in [5.41, 5.74) is 0.748. The first-order chi connectivity index (χ1) is 4.84. The van der Waals surface area contributed by atoms with Gasteiger partial charge in [0.1, 0.15) is 0 Å². The van der Waals surface area contributed by atoms with E-state index in [9.17, 15) is 4.79 Å². The third-order valence-corrected chi connectivity index (χ3v) is 1.32. The molecule has 1 heteroatoms. The molecule has 0 N–H and O–H groups in total. The van der Waals surface area contributed by atoms with Crippen LogP contribution in [0.3, 0.4) is 0 Å². The van der Waals surface area contributed by atoms with Gasteiger partial charge in [-0.2, -0.15) is 0 Å². The normalized spacial score (nSPS) is 9.30. The second-order valence-corrected chi connectivity index (χ2v) is 2.04. The van der Waals surface area contributed by atoms with Crippen LogP contribution in [-0.2, 0) is 0 Å². The van der Waals surface area contributed by atoms with Crippen LogP contribution < -0.4 is 0 Å². The molecule has 0 fully saturated rings. The summed E-state index contributed by atoms with van der Waals surface area (Å²) in [5, 5.41) is 0. The van der Waals surface area contributed by atoms with Gasteiger partial charge in [0, 0.05) is 12.0 Å². The molecule has 0 heterocycles. The molecule has 1 radical (unpaired) electrons. The highest BCUT2D eigenvalue weighted by Crippen LogP contribution is 2.00. The van der Waals surface area contributed by atoms with Crippen molar-refractivity contribution in [3.8, 4) is 0 Å². The first kappa shape index (κ1) is 7.00. The van der Waals surface area contributed by atoms with Gasteiger partial charge < -0.3 is 0 Å². The molecule has 1 nitrogen and oxygen atoms in total. The van der Waals surface area contributed by atoms with Gasteiger partial charge in [-0.15, -0.1) is 0 Å². The second-order valence-electron chi connectivity index (χ2n) is 2.04. The molecule has 0 unspecified atom stereocenters. The Kier molecular flexibility index (Phi) is 2.21. The van der Waals surface area contributed by atoms with Crippen LogP contribution in [0, 0.1) is 6.92 Å². The van der Waals surface area contributed by atoms with Crippen LogP contribution in [0.25, 0.3) is 0 Å². The number of hydrogen-bond acceptors (Lipinski definition) is 1. The lowest BCUT2D eigenvalue weighted by molar-refractivity contribution is 0.0995. The summed E-state index contributed by atoms with van der Waals surface area (Å²) in [6.45, 7) is 3.51. The van der Waals surface area contributed by atoms with E-state index < -0.39 is 0 Å². The van der Waals surface area contributed by atoms with E-state index >= 15 is 0 Å². The largest absolute Gasteiger partial charge is 0.294 e. The van der Waals surface area contributed by atoms with Gasteiger partial charge in [-0.25, -0.2) is 0 Å². The summed E-state index contributed by atoms with van der Waals surface area (Å²) < 4.78 is 0. The van der Waals surface area contributed by atoms with Crippen LogP contribution in [0.2, 0.25) is 0 Å². The summed E-state index contributed by atoms with van der Waals surface area (Å²) in [7, 11) is 0. The van der Waals surface area contributed by atoms with Gasteiger partial charge in [0.2, 0.25) is 0 Å². The fourth-order valence-electron chi connectivity index (χ4n) is 0.768. The zero-order chi connectivity index (χ0) is 7.40. The van der Waals surface area contributed by atoms with Gasteiger partial charge in [0.05, 0.1) is 0 Å². The second kappa shape index (κ2) is 3.16. The molecule has 0 saturated heterocycles. The Morgan fingerprint density at radius 3 is 2.40 bits per heavy atom. The van der Waals surface area contributed by atoms with Crippen molar-refractivity contribution in [2.24, 2.45) is 0 Å². The van der Waals surface area contributed by atoms with E-state index in [1.807, 2.05) is 18.2 Å². The SMILES string of the molecule is [CH2]CC(=O)c1ccccc1. The Labute approximate surface area is 60.7 Å². The first-order valence-electron chi connectivity index (χ1n) is 3.22. The minimum atomic E-state index is 0.0978. The Morgan fingerprint density at radius 2 is 1.90 bits per heavy atom. The number of rotatable bonds is 2. The minimum Gasteiger partial charge on any atom is -0.294 e. The van der Waals surface area contributed by atoms with Crippen molar-refractivity contribution in [1.29, 1.82) is 0 Å². The zero-order valence-electron chi connectivity index (χ0n) is 5.71. The molecular formula is C9H9O. The quantitative estimate of drug-likeness (QED) is 0.564. The van der Waals surface area contributed by atoms with Crippen molar-refractivity contribution in [3.05, 3.63) is 42.8 Å². The third kappa shape index (κ3) is 1.44. The molecule has 0 spiro atoms. The van der Waals surface area contributed by atoms with E-state index in [0.717, 1.165) is 5.56 Å². The van der Waals surface area contributed by atoms with Gasteiger partial charge in [-0.05, 0) is 6.92 Å². The fourth-order valence-corrected chi connectivity index (χ4v) is 0.768. The van der Waals surface area contributed by atoms with E-state index in [4.69, 9.17) is 0 Å². The highest BCUT2D eigenvalue weighted by atomic mass is 16.1. The first-order valence-corrected chi connectivity index (χ1v) is 3.22. The molecule has 0 aliphatic rings. The van der Waals surface area contributed by atoms with E-state index in [-0.39, 0.29) is 5.78 Å². The Bertz CT molecular complexity index is 213. The maximum Gasteiger partial charge on any atom is 0.162 e. The van der Waals surface area contributed by atoms with Crippen molar-refractivity contribution in [2.75, 3.05) is 0 Å². The van der Waals surface area contributed by atoms with Crippen LogP contribution in [0.5, 0.6) is 0 Å². The molecule has 0 saturated carbocycles. The molecule has 10 heavy (non-hydrogen) atoms. The summed E-state index contributed by atoms with van der Waals surface area (Å²) in [5.74, 6) is 0.0978. The summed E-state index contributed by atoms with van der Waals surface area (Å²) in [4.78, 5) is 11.0. The average molecular weight is 133 g/mol. The maximum atomic E-state index is 11.0. The molecule has 0 atom stereocenters. The number of hydrogen-bond donors (Lipinski definition) is 0. The Hall–Kier alpha value is -1.11. The van der Waals surface area contributed by atoms with Crippen molar-refractivity contribution in [1.82, 2.24) is 0 Å². The lowest BCUT2D eigenvalue weighted by atomic mass is 10.1. The number of carbonyl (C=O) groups is 1. The summed E-state index contributed by atoms with van der Waals surface area (Å²) in [6.07, 6.45) is 0.337. The Balaban J connectivity index is 2.85. The van der Waals surface area contributed by atoms with E-state index in [1.165, 1.54) is 0 Å². The van der Waals surface area contributed by atoms with Crippen LogP contribution in [0.4, 0.5) is 0 Å². The predicted octanol–water partition coefficient (Wildman–Crippen LogP) is 2.09. The highest BCUT2D eigenvalue weighted by Gasteiger charge is 1.98. The average Bonchev–Trinajstić information content (AvgIpc) is 2.05. The predicted molar refractivity (Wildman–Crippen MR) is 40.7 cm³/mol. The molecule has 51 valence electrons. The number of ketones is 1. The van der Waals surface area contributed by atoms with Crippen molar-refractivity contribution < 1.29 is 4.79 Å². The number of Topliss-reactive ketones (excluding diaryl/α,β-unsaturated/α-hetero) is 1. The summed E-state index contributed by atoms with van der Waals surface area (Å²) in [6, 6.07) is 9.19. The van der Waals surface area contributed by atoms with E-state index in [0.29, 0.717) is 6.42 Å². The molecule has 1 aromatic carbocycles. The monoisotopic (exact) mass is 133 g/mol. The van der Waals surface area contributed by atoms with Crippen LogP contribution in [0.1, 0.15) is 16.8 Å². The van der Waals surface area contributed by atoms with Gasteiger partial charge in [-0.3, -0.25) is 4.79 Å². The summed E-state index contributed by atoms with van der Waals surface area (Å²) >= 11 is 0. The number of carbonyl (C=O) groups excluding carboxylic acids is 1. The van der Waals surface area contributed by atoms with Gasteiger partial charge in [0.25, 0.3) is 0 Å². The van der Waals surface area contributed by atoms with E-state index in [2.05, 4.69) is 6.92 Å². The molecule has 1 rings (SSSR count). The van der Waals surface area contributed by atoms with Crippen LogP contribution in [-0.4, -0.2) is 5.78 Å². The maximum absolute atomic E-state index is 11.0. The molecule has 0 aromatic heterocycles. The minimum absolute atomic E-state index is 0.0978. The van der Waals surface area contributed by atoms with E-state index in [1.54, 1.807) is 12.1 Å². The lowest BCUT2D eigenvalue weighted by Gasteiger charge is -1.93. The molecule has 1 aromatic rings. The molecular weight excluding hydrogens is 124 g/mol. The molecule has 0 aliphatic heterocycles. The fraction of sp³-hybridized carbons (Fsp3) is 0.111. The van der Waals surface area contributed by atoms with Gasteiger partial charge >= 0.3 is 0 Å². The van der Waals surface area contributed by atoms with Crippen LogP contribution >= 0.6 is 0 Å². The highest BCUT2D eigenvalue weighted by molar-refractivity contribution is 5.96. The van der Waals surface area contributed by atoms with Crippen molar-refractivity contribution in [2.45, 2.75) is 6.42 Å². The topological polar surface area (TPSA) is 17.1 Å². The van der Waals surface area contributed by atoms with Gasteiger partial charge in [0.15, 0.2) is 5.78 Å². The lowest BCUT2D eigenvalue weighted by Crippen LogP contribution is -1.94. The van der Waals surface area contributed by atoms with Gasteiger partial charge in [-0.1, -0.05) is 30.3 Å². The molecule has 0 bridgehead atoms. The standard InChI is InChI=1S/C9H9O/c1-2-9(10)8-6-4-3-5-7-8/h3-7H,1-2H2. The van der Waals surface area contributed by atoms with Crippen molar-refractivity contribution in [3.63, 3.8) is 0 Å². The zero-order valence-corrected chi connectivity index (χ0v) is 5.71. The smallest absolute Gasteiger partial charge is 0.162 e. The third-order valence-electron chi connectivity index (χ3n) is 1.32. The number of benzene rings is 1. The van der Waals surface area contributed by atoms with Crippen LogP contribution in [0.15, 0.2) is 30.3 Å². The molecule has 0 amide bonds. The molecule has 0 aliphatic carbocycles. The Morgan fingerprint density at radius 1 is 1.30 bits per heavy atom. The van der Waals surface area contributed by atoms with Crippen molar-refractivity contribution >= 4 is 5.78 Å².